The van der Waals surface area contributed by atoms with Crippen molar-refractivity contribution in [2.45, 2.75) is 17.4 Å². The molecule has 1 unspecified atom stereocenters. The third kappa shape index (κ3) is 7.96. The predicted octanol–water partition coefficient (Wildman–Crippen LogP) is 1.39. The molecule has 4 N–H and O–H groups in total. The minimum atomic E-state index is -3.38. The van der Waals surface area contributed by atoms with E-state index in [0.717, 1.165) is 4.90 Å². The van der Waals surface area contributed by atoms with Crippen LogP contribution < -0.4 is 10.5 Å². The molecule has 0 spiro atoms. The number of benzene rings is 1. The van der Waals surface area contributed by atoms with Crippen LogP contribution in [-0.4, -0.2) is 49.2 Å². The van der Waals surface area contributed by atoms with Crippen LogP contribution in [0.3, 0.4) is 0 Å². The largest absolute Gasteiger partial charge is 0.399 e. The van der Waals surface area contributed by atoms with Crippen LogP contribution in [0.4, 0.5) is 5.69 Å². The monoisotopic (exact) mass is 350 g/mol. The molecule has 21 heavy (non-hydrogen) atoms. The SMILES string of the molecule is CSCC(C)(O)CNS(=O)(=O)CCSc1ccc(N)cc1. The smallest absolute Gasteiger partial charge is 0.212 e. The molecule has 0 fully saturated rings. The van der Waals surface area contributed by atoms with E-state index >= 15 is 0 Å². The summed E-state index contributed by atoms with van der Waals surface area (Å²) in [6, 6.07) is 7.30. The molecule has 1 atom stereocenters. The van der Waals surface area contributed by atoms with Crippen LogP contribution in [-0.2, 0) is 10.0 Å². The Morgan fingerprint density at radius 3 is 2.52 bits per heavy atom. The Labute approximate surface area is 135 Å². The highest BCUT2D eigenvalue weighted by Crippen LogP contribution is 2.19. The summed E-state index contributed by atoms with van der Waals surface area (Å²) in [6.07, 6.45) is 1.87. The maximum Gasteiger partial charge on any atom is 0.212 e. The lowest BCUT2D eigenvalue weighted by atomic mass is 10.1. The zero-order chi connectivity index (χ0) is 15.9. The summed E-state index contributed by atoms with van der Waals surface area (Å²) in [6.45, 7) is 1.65. The molecule has 1 aromatic rings. The van der Waals surface area contributed by atoms with E-state index in [1.165, 1.54) is 23.5 Å². The highest BCUT2D eigenvalue weighted by molar-refractivity contribution is 8.00. The van der Waals surface area contributed by atoms with Crippen molar-refractivity contribution in [3.63, 3.8) is 0 Å². The van der Waals surface area contributed by atoms with Gasteiger partial charge in [0, 0.05) is 28.6 Å². The standard InChI is InChI=1S/C13H22N2O3S3/c1-13(16,10-19-2)9-15-21(17,18)8-7-20-12-5-3-11(14)4-6-12/h3-6,15-16H,7-10,14H2,1-2H3. The van der Waals surface area contributed by atoms with Gasteiger partial charge in [-0.15, -0.1) is 11.8 Å². The van der Waals surface area contributed by atoms with Gasteiger partial charge in [0.25, 0.3) is 0 Å². The summed E-state index contributed by atoms with van der Waals surface area (Å²) in [5.74, 6) is 0.941. The lowest BCUT2D eigenvalue weighted by molar-refractivity contribution is 0.0909. The topological polar surface area (TPSA) is 92.4 Å². The molecule has 120 valence electrons. The van der Waals surface area contributed by atoms with Gasteiger partial charge in [-0.2, -0.15) is 11.8 Å². The van der Waals surface area contributed by atoms with E-state index in [2.05, 4.69) is 4.72 Å². The van der Waals surface area contributed by atoms with Crippen molar-refractivity contribution >= 4 is 39.2 Å². The average Bonchev–Trinajstić information content (AvgIpc) is 2.39. The van der Waals surface area contributed by atoms with Crippen molar-refractivity contribution in [3.05, 3.63) is 24.3 Å². The van der Waals surface area contributed by atoms with Crippen molar-refractivity contribution < 1.29 is 13.5 Å². The summed E-state index contributed by atoms with van der Waals surface area (Å²) in [5.41, 5.74) is 5.24. The van der Waals surface area contributed by atoms with Gasteiger partial charge in [-0.05, 0) is 37.4 Å². The number of sulfonamides is 1. The summed E-state index contributed by atoms with van der Waals surface area (Å²) in [7, 11) is -3.38. The fourth-order valence-corrected chi connectivity index (χ4v) is 4.71. The first-order chi connectivity index (χ1) is 9.74. The van der Waals surface area contributed by atoms with Crippen LogP contribution in [0.25, 0.3) is 0 Å². The zero-order valence-electron chi connectivity index (χ0n) is 12.2. The second-order valence-electron chi connectivity index (χ2n) is 4.99. The molecule has 0 amide bonds. The van der Waals surface area contributed by atoms with Gasteiger partial charge in [0.15, 0.2) is 0 Å². The van der Waals surface area contributed by atoms with E-state index in [9.17, 15) is 13.5 Å². The van der Waals surface area contributed by atoms with Gasteiger partial charge < -0.3 is 10.8 Å². The Bertz CT molecular complexity index is 530. The van der Waals surface area contributed by atoms with Gasteiger partial charge in [0.2, 0.25) is 10.0 Å². The lowest BCUT2D eigenvalue weighted by Crippen LogP contribution is -2.43. The third-order valence-electron chi connectivity index (χ3n) is 2.63. The highest BCUT2D eigenvalue weighted by atomic mass is 32.2. The molecule has 0 bridgehead atoms. The van der Waals surface area contributed by atoms with Crippen molar-refractivity contribution in [2.75, 3.05) is 35.8 Å². The van der Waals surface area contributed by atoms with Gasteiger partial charge in [0.1, 0.15) is 0 Å². The van der Waals surface area contributed by atoms with Gasteiger partial charge in [-0.25, -0.2) is 13.1 Å². The number of nitrogens with one attached hydrogen (secondary N) is 1. The van der Waals surface area contributed by atoms with Crippen LogP contribution in [0.2, 0.25) is 0 Å². The molecule has 0 aliphatic carbocycles. The van der Waals surface area contributed by atoms with E-state index in [0.29, 0.717) is 17.2 Å². The summed E-state index contributed by atoms with van der Waals surface area (Å²) in [5, 5.41) is 9.94. The summed E-state index contributed by atoms with van der Waals surface area (Å²) < 4.78 is 26.2. The molecule has 0 radical (unpaired) electrons. The Kier molecular flexibility index (Phi) is 7.35. The van der Waals surface area contributed by atoms with Crippen LogP contribution in [0.15, 0.2) is 29.2 Å². The second kappa shape index (κ2) is 8.28. The fourth-order valence-electron chi connectivity index (χ4n) is 1.53. The van der Waals surface area contributed by atoms with E-state index in [-0.39, 0.29) is 12.3 Å². The summed E-state index contributed by atoms with van der Waals surface area (Å²) in [4.78, 5) is 0.980. The van der Waals surface area contributed by atoms with Gasteiger partial charge in [0.05, 0.1) is 11.4 Å². The van der Waals surface area contributed by atoms with Crippen LogP contribution in [0.1, 0.15) is 6.92 Å². The number of thioether (sulfide) groups is 2. The number of hydrogen-bond donors (Lipinski definition) is 3. The molecule has 0 aromatic heterocycles. The number of nitrogens with two attached hydrogens (primary N) is 1. The molecule has 0 aliphatic rings. The molecular weight excluding hydrogens is 328 g/mol. The minimum absolute atomic E-state index is 0.0113. The molecule has 1 aromatic carbocycles. The van der Waals surface area contributed by atoms with Crippen molar-refractivity contribution in [3.8, 4) is 0 Å². The minimum Gasteiger partial charge on any atom is -0.399 e. The molecular formula is C13H22N2O3S3. The Morgan fingerprint density at radius 1 is 1.33 bits per heavy atom. The highest BCUT2D eigenvalue weighted by Gasteiger charge is 2.22. The lowest BCUT2D eigenvalue weighted by Gasteiger charge is -2.22. The van der Waals surface area contributed by atoms with Gasteiger partial charge in [-0.3, -0.25) is 0 Å². The number of hydrogen-bond acceptors (Lipinski definition) is 6. The van der Waals surface area contributed by atoms with Crippen molar-refractivity contribution in [2.24, 2.45) is 0 Å². The van der Waals surface area contributed by atoms with Gasteiger partial charge in [-0.1, -0.05) is 0 Å². The maximum atomic E-state index is 11.9. The predicted molar refractivity (Wildman–Crippen MR) is 92.4 cm³/mol. The molecule has 8 heteroatoms. The Balaban J connectivity index is 2.37. The van der Waals surface area contributed by atoms with E-state index in [1.54, 1.807) is 19.1 Å². The van der Waals surface area contributed by atoms with Gasteiger partial charge >= 0.3 is 0 Å². The number of nitrogen functional groups attached to an aromatic ring is 1. The van der Waals surface area contributed by atoms with Crippen molar-refractivity contribution in [1.82, 2.24) is 4.72 Å². The van der Waals surface area contributed by atoms with Crippen LogP contribution in [0.5, 0.6) is 0 Å². The molecule has 0 heterocycles. The van der Waals surface area contributed by atoms with Crippen LogP contribution >= 0.6 is 23.5 Å². The van der Waals surface area contributed by atoms with E-state index < -0.39 is 15.6 Å². The molecule has 0 aliphatic heterocycles. The van der Waals surface area contributed by atoms with Crippen LogP contribution in [0, 0.1) is 0 Å². The zero-order valence-corrected chi connectivity index (χ0v) is 14.7. The second-order valence-corrected chi connectivity index (χ2v) is 8.95. The molecule has 0 saturated heterocycles. The quantitative estimate of drug-likeness (QED) is 0.460. The fraction of sp³-hybridized carbons (Fsp3) is 0.538. The average molecular weight is 351 g/mol. The number of aliphatic hydroxyl groups is 1. The van der Waals surface area contributed by atoms with Crippen molar-refractivity contribution in [1.29, 1.82) is 0 Å². The first kappa shape index (κ1) is 18.6. The number of rotatable bonds is 9. The number of anilines is 1. The summed E-state index contributed by atoms with van der Waals surface area (Å²) >= 11 is 2.93. The third-order valence-corrected chi connectivity index (χ3v) is 6.14. The molecule has 0 saturated carbocycles. The van der Waals surface area contributed by atoms with E-state index in [1.807, 2.05) is 18.4 Å². The Morgan fingerprint density at radius 2 is 1.95 bits per heavy atom. The maximum absolute atomic E-state index is 11.9. The first-order valence-corrected chi connectivity index (χ1v) is 10.4. The molecule has 1 rings (SSSR count). The van der Waals surface area contributed by atoms with E-state index in [4.69, 9.17) is 5.73 Å². The molecule has 5 nitrogen and oxygen atoms in total. The first-order valence-electron chi connectivity index (χ1n) is 6.41. The Hall–Kier alpha value is -0.410. The normalized spacial score (nSPS) is 14.8.